The fraction of sp³-hybridized carbons (Fsp3) is 0. The fourth-order valence-corrected chi connectivity index (χ4v) is 3.50. The van der Waals surface area contributed by atoms with E-state index in [2.05, 4.69) is 10.0 Å². The highest BCUT2D eigenvalue weighted by Crippen LogP contribution is 2.21. The molecule has 0 unspecified atom stereocenters. The van der Waals surface area contributed by atoms with Crippen LogP contribution in [0.25, 0.3) is 0 Å². The van der Waals surface area contributed by atoms with Gasteiger partial charge in [0.2, 0.25) is 0 Å². The first-order valence-electron chi connectivity index (χ1n) is 7.98. The van der Waals surface area contributed by atoms with Crippen molar-refractivity contribution in [3.63, 3.8) is 0 Å². The quantitative estimate of drug-likeness (QED) is 0.709. The number of para-hydroxylation sites is 1. The van der Waals surface area contributed by atoms with E-state index in [4.69, 9.17) is 5.26 Å². The molecule has 2 N–H and O–H groups in total. The van der Waals surface area contributed by atoms with Crippen molar-refractivity contribution in [3.05, 3.63) is 90.0 Å². The van der Waals surface area contributed by atoms with Gasteiger partial charge in [0.25, 0.3) is 15.9 Å². The summed E-state index contributed by atoms with van der Waals surface area (Å²) in [5.41, 5.74) is 1.33. The van der Waals surface area contributed by atoms with E-state index in [1.807, 2.05) is 6.07 Å². The minimum atomic E-state index is -3.82. The van der Waals surface area contributed by atoms with Gasteiger partial charge in [-0.2, -0.15) is 5.26 Å². The molecule has 0 atom stereocenters. The van der Waals surface area contributed by atoms with Crippen molar-refractivity contribution in [2.45, 2.75) is 4.90 Å². The third-order valence-corrected chi connectivity index (χ3v) is 5.12. The number of carbonyl (C=O) groups is 1. The van der Waals surface area contributed by atoms with Crippen LogP contribution in [0.1, 0.15) is 15.9 Å². The van der Waals surface area contributed by atoms with Crippen molar-refractivity contribution < 1.29 is 13.2 Å². The number of nitrogens with zero attached hydrogens (tertiary/aromatic N) is 1. The number of sulfonamides is 1. The zero-order chi connectivity index (χ0) is 19.3. The summed E-state index contributed by atoms with van der Waals surface area (Å²) in [6.45, 7) is 0. The average molecular weight is 377 g/mol. The average Bonchev–Trinajstić information content (AvgIpc) is 2.69. The Morgan fingerprint density at radius 3 is 2.15 bits per heavy atom. The van der Waals surface area contributed by atoms with Crippen LogP contribution in [0.2, 0.25) is 0 Å². The third-order valence-electron chi connectivity index (χ3n) is 3.74. The molecule has 3 aromatic rings. The van der Waals surface area contributed by atoms with Gasteiger partial charge >= 0.3 is 0 Å². The number of carbonyl (C=O) groups excluding carboxylic acids is 1. The van der Waals surface area contributed by atoms with Gasteiger partial charge in [0, 0.05) is 5.69 Å². The molecule has 1 amide bonds. The number of anilines is 2. The zero-order valence-electron chi connectivity index (χ0n) is 14.1. The summed E-state index contributed by atoms with van der Waals surface area (Å²) in [6.07, 6.45) is 0. The first-order chi connectivity index (χ1) is 13.0. The van der Waals surface area contributed by atoms with Crippen LogP contribution in [-0.4, -0.2) is 14.3 Å². The van der Waals surface area contributed by atoms with Crippen molar-refractivity contribution in [3.8, 4) is 6.07 Å². The molecule has 0 bridgehead atoms. The summed E-state index contributed by atoms with van der Waals surface area (Å²) in [5, 5.41) is 11.5. The monoisotopic (exact) mass is 377 g/mol. The Morgan fingerprint density at radius 2 is 1.48 bits per heavy atom. The highest BCUT2D eigenvalue weighted by atomic mass is 32.2. The normalized spacial score (nSPS) is 10.6. The van der Waals surface area contributed by atoms with Crippen LogP contribution < -0.4 is 10.0 Å². The molecule has 0 aromatic heterocycles. The summed E-state index contributed by atoms with van der Waals surface area (Å²) >= 11 is 0. The summed E-state index contributed by atoms with van der Waals surface area (Å²) in [6, 6.07) is 22.6. The van der Waals surface area contributed by atoms with E-state index in [0.29, 0.717) is 11.3 Å². The van der Waals surface area contributed by atoms with Crippen LogP contribution in [0, 0.1) is 11.3 Å². The first kappa shape index (κ1) is 18.2. The molecule has 0 heterocycles. The van der Waals surface area contributed by atoms with Gasteiger partial charge in [-0.25, -0.2) is 8.42 Å². The lowest BCUT2D eigenvalue weighted by molar-refractivity contribution is 0.102. The lowest BCUT2D eigenvalue weighted by Crippen LogP contribution is -2.18. The van der Waals surface area contributed by atoms with Gasteiger partial charge in [0.15, 0.2) is 0 Å². The molecule has 0 aliphatic carbocycles. The molecule has 6 nitrogen and oxygen atoms in total. The third kappa shape index (κ3) is 4.32. The molecule has 3 rings (SSSR count). The molecule has 7 heteroatoms. The van der Waals surface area contributed by atoms with Gasteiger partial charge in [0.1, 0.15) is 0 Å². The van der Waals surface area contributed by atoms with Crippen molar-refractivity contribution in [1.82, 2.24) is 0 Å². The summed E-state index contributed by atoms with van der Waals surface area (Å²) < 4.78 is 27.5. The largest absolute Gasteiger partial charge is 0.322 e. The molecule has 27 heavy (non-hydrogen) atoms. The van der Waals surface area contributed by atoms with Gasteiger partial charge in [-0.1, -0.05) is 30.3 Å². The van der Waals surface area contributed by atoms with E-state index >= 15 is 0 Å². The maximum absolute atomic E-state index is 12.6. The second-order valence-electron chi connectivity index (χ2n) is 5.61. The smallest absolute Gasteiger partial charge is 0.261 e. The van der Waals surface area contributed by atoms with Crippen LogP contribution in [0.4, 0.5) is 11.4 Å². The van der Waals surface area contributed by atoms with Crippen LogP contribution >= 0.6 is 0 Å². The maximum Gasteiger partial charge on any atom is 0.261 e. The molecule has 3 aromatic carbocycles. The Balaban J connectivity index is 1.85. The summed E-state index contributed by atoms with van der Waals surface area (Å²) in [4.78, 5) is 12.7. The fourth-order valence-electron chi connectivity index (χ4n) is 2.40. The molecule has 134 valence electrons. The number of hydrogen-bond acceptors (Lipinski definition) is 4. The second kappa shape index (κ2) is 7.72. The highest BCUT2D eigenvalue weighted by molar-refractivity contribution is 7.92. The zero-order valence-corrected chi connectivity index (χ0v) is 14.9. The SMILES string of the molecule is N#Cc1ccc(NC(=O)c2ccccc2NS(=O)(=O)c2ccccc2)cc1. The van der Waals surface area contributed by atoms with E-state index < -0.39 is 15.9 Å². The Hall–Kier alpha value is -3.63. The molecule has 0 aliphatic heterocycles. The lowest BCUT2D eigenvalue weighted by Gasteiger charge is -2.13. The molecule has 0 aliphatic rings. The predicted octanol–water partition coefficient (Wildman–Crippen LogP) is 3.61. The predicted molar refractivity (Wildman–Crippen MR) is 103 cm³/mol. The van der Waals surface area contributed by atoms with Crippen LogP contribution in [0.15, 0.2) is 83.8 Å². The van der Waals surface area contributed by atoms with Gasteiger partial charge in [-0.3, -0.25) is 9.52 Å². The summed E-state index contributed by atoms with van der Waals surface area (Å²) in [7, 11) is -3.82. The van der Waals surface area contributed by atoms with E-state index in [1.165, 1.54) is 24.3 Å². The van der Waals surface area contributed by atoms with Crippen molar-refractivity contribution in [1.29, 1.82) is 5.26 Å². The number of benzene rings is 3. The maximum atomic E-state index is 12.6. The van der Waals surface area contributed by atoms with E-state index in [0.717, 1.165) is 0 Å². The van der Waals surface area contributed by atoms with E-state index in [1.54, 1.807) is 54.6 Å². The standard InChI is InChI=1S/C20H15N3O3S/c21-14-15-10-12-16(13-11-15)22-20(24)18-8-4-5-9-19(18)23-27(25,26)17-6-2-1-3-7-17/h1-13,23H,(H,22,24). The Bertz CT molecular complexity index is 1100. The van der Waals surface area contributed by atoms with Crippen LogP contribution in [0.3, 0.4) is 0 Å². The van der Waals surface area contributed by atoms with Gasteiger partial charge in [0.05, 0.1) is 27.8 Å². The minimum Gasteiger partial charge on any atom is -0.322 e. The van der Waals surface area contributed by atoms with Crippen LogP contribution in [-0.2, 0) is 10.0 Å². The molecular formula is C20H15N3O3S. The van der Waals surface area contributed by atoms with Crippen molar-refractivity contribution in [2.24, 2.45) is 0 Å². The molecule has 0 spiro atoms. The van der Waals surface area contributed by atoms with Crippen molar-refractivity contribution >= 4 is 27.3 Å². The van der Waals surface area contributed by atoms with Crippen molar-refractivity contribution in [2.75, 3.05) is 10.0 Å². The Labute approximate surface area is 157 Å². The number of rotatable bonds is 5. The van der Waals surface area contributed by atoms with Gasteiger partial charge < -0.3 is 5.32 Å². The number of nitriles is 1. The van der Waals surface area contributed by atoms with Gasteiger partial charge in [-0.15, -0.1) is 0 Å². The molecular weight excluding hydrogens is 362 g/mol. The Kier molecular flexibility index (Phi) is 5.20. The molecule has 0 saturated carbocycles. The molecule has 0 saturated heterocycles. The lowest BCUT2D eigenvalue weighted by atomic mass is 10.1. The minimum absolute atomic E-state index is 0.104. The number of amides is 1. The van der Waals surface area contributed by atoms with E-state index in [-0.39, 0.29) is 16.1 Å². The topological polar surface area (TPSA) is 99.1 Å². The first-order valence-corrected chi connectivity index (χ1v) is 9.46. The molecule has 0 radical (unpaired) electrons. The number of hydrogen-bond donors (Lipinski definition) is 2. The molecule has 0 fully saturated rings. The van der Waals surface area contributed by atoms with Gasteiger partial charge in [-0.05, 0) is 48.5 Å². The highest BCUT2D eigenvalue weighted by Gasteiger charge is 2.18. The van der Waals surface area contributed by atoms with Crippen LogP contribution in [0.5, 0.6) is 0 Å². The van der Waals surface area contributed by atoms with E-state index in [9.17, 15) is 13.2 Å². The Morgan fingerprint density at radius 1 is 0.852 bits per heavy atom. The second-order valence-corrected chi connectivity index (χ2v) is 7.29. The summed E-state index contributed by atoms with van der Waals surface area (Å²) in [5.74, 6) is -0.467. The number of nitrogens with one attached hydrogen (secondary N) is 2.